The predicted octanol–water partition coefficient (Wildman–Crippen LogP) is 1.53. The van der Waals surface area contributed by atoms with E-state index in [9.17, 15) is 4.79 Å². The average molecular weight is 254 g/mol. The second kappa shape index (κ2) is 5.57. The van der Waals surface area contributed by atoms with E-state index in [1.807, 2.05) is 6.92 Å². The summed E-state index contributed by atoms with van der Waals surface area (Å²) >= 11 is 0. The van der Waals surface area contributed by atoms with Gasteiger partial charge in [0.1, 0.15) is 0 Å². The number of hydrogen-bond donors (Lipinski definition) is 1. The van der Waals surface area contributed by atoms with Gasteiger partial charge in [-0.1, -0.05) is 13.3 Å². The highest BCUT2D eigenvalue weighted by molar-refractivity contribution is 5.84. The van der Waals surface area contributed by atoms with Gasteiger partial charge in [-0.2, -0.15) is 0 Å². The van der Waals surface area contributed by atoms with E-state index in [2.05, 4.69) is 11.8 Å². The van der Waals surface area contributed by atoms with Crippen LogP contribution >= 0.6 is 0 Å². The predicted molar refractivity (Wildman–Crippen MR) is 71.2 cm³/mol. The molecule has 0 spiro atoms. The lowest BCUT2D eigenvalue weighted by Crippen LogP contribution is -2.55. The second-order valence-electron chi connectivity index (χ2n) is 5.98. The maximum atomic E-state index is 12.8. The van der Waals surface area contributed by atoms with Gasteiger partial charge in [0.2, 0.25) is 5.91 Å². The zero-order valence-corrected chi connectivity index (χ0v) is 11.7. The van der Waals surface area contributed by atoms with Crippen LogP contribution < -0.4 is 5.73 Å². The van der Waals surface area contributed by atoms with E-state index in [1.165, 1.54) is 6.42 Å². The van der Waals surface area contributed by atoms with Gasteiger partial charge in [0.25, 0.3) is 0 Å². The molecule has 2 saturated heterocycles. The normalized spacial score (nSPS) is 36.9. The van der Waals surface area contributed by atoms with E-state index in [0.29, 0.717) is 19.3 Å². The molecule has 0 aromatic carbocycles. The SMILES string of the molecule is CCCC1CCCCN1C(=O)C1(C)COCC1N. The van der Waals surface area contributed by atoms with Crippen molar-refractivity contribution in [3.8, 4) is 0 Å². The molecule has 4 heteroatoms. The molecular formula is C14H26N2O2. The molecule has 104 valence electrons. The Hall–Kier alpha value is -0.610. The summed E-state index contributed by atoms with van der Waals surface area (Å²) in [5.41, 5.74) is 5.56. The number of likely N-dealkylation sites (tertiary alicyclic amines) is 1. The average Bonchev–Trinajstić information content (AvgIpc) is 2.71. The molecular weight excluding hydrogens is 228 g/mol. The molecule has 0 aromatic heterocycles. The minimum atomic E-state index is -0.511. The molecule has 2 heterocycles. The van der Waals surface area contributed by atoms with E-state index in [4.69, 9.17) is 10.5 Å². The standard InChI is InChI=1S/C14H26N2O2/c1-3-6-11-7-4-5-8-16(11)13(17)14(2)10-18-9-12(14)15/h11-12H,3-10,15H2,1-2H3. The summed E-state index contributed by atoms with van der Waals surface area (Å²) < 4.78 is 5.41. The van der Waals surface area contributed by atoms with Crippen LogP contribution in [0.5, 0.6) is 0 Å². The smallest absolute Gasteiger partial charge is 0.232 e. The van der Waals surface area contributed by atoms with Gasteiger partial charge in [0.05, 0.1) is 18.6 Å². The number of rotatable bonds is 3. The fourth-order valence-corrected chi connectivity index (χ4v) is 3.14. The first kappa shape index (κ1) is 13.8. The highest BCUT2D eigenvalue weighted by atomic mass is 16.5. The lowest BCUT2D eigenvalue weighted by Gasteiger charge is -2.41. The van der Waals surface area contributed by atoms with E-state index in [-0.39, 0.29) is 11.9 Å². The molecule has 2 fully saturated rings. The van der Waals surface area contributed by atoms with Crippen molar-refractivity contribution in [3.05, 3.63) is 0 Å². The molecule has 3 unspecified atom stereocenters. The Morgan fingerprint density at radius 1 is 1.50 bits per heavy atom. The van der Waals surface area contributed by atoms with E-state index < -0.39 is 5.41 Å². The van der Waals surface area contributed by atoms with E-state index in [1.54, 1.807) is 0 Å². The van der Waals surface area contributed by atoms with Crippen molar-refractivity contribution in [2.24, 2.45) is 11.1 Å². The number of carbonyl (C=O) groups excluding carboxylic acids is 1. The van der Waals surface area contributed by atoms with Gasteiger partial charge in [-0.15, -0.1) is 0 Å². The molecule has 2 rings (SSSR count). The molecule has 2 aliphatic heterocycles. The van der Waals surface area contributed by atoms with Crippen LogP contribution in [0.2, 0.25) is 0 Å². The van der Waals surface area contributed by atoms with Gasteiger partial charge in [0.15, 0.2) is 0 Å². The number of nitrogens with zero attached hydrogens (tertiary/aromatic N) is 1. The van der Waals surface area contributed by atoms with Crippen molar-refractivity contribution < 1.29 is 9.53 Å². The first-order valence-corrected chi connectivity index (χ1v) is 7.24. The zero-order chi connectivity index (χ0) is 13.2. The first-order chi connectivity index (χ1) is 8.59. The molecule has 0 aliphatic carbocycles. The highest BCUT2D eigenvalue weighted by Crippen LogP contribution is 2.33. The second-order valence-corrected chi connectivity index (χ2v) is 5.98. The molecule has 0 radical (unpaired) electrons. The van der Waals surface area contributed by atoms with E-state index >= 15 is 0 Å². The Kier molecular flexibility index (Phi) is 4.28. The summed E-state index contributed by atoms with van der Waals surface area (Å²) in [5.74, 6) is 0.214. The number of carbonyl (C=O) groups is 1. The molecule has 1 amide bonds. The van der Waals surface area contributed by atoms with Crippen LogP contribution in [0.25, 0.3) is 0 Å². The third kappa shape index (κ3) is 2.41. The number of amides is 1. The molecule has 18 heavy (non-hydrogen) atoms. The summed E-state index contributed by atoms with van der Waals surface area (Å²) in [7, 11) is 0. The quantitative estimate of drug-likeness (QED) is 0.831. The summed E-state index contributed by atoms with van der Waals surface area (Å²) in [6, 6.07) is 0.259. The summed E-state index contributed by atoms with van der Waals surface area (Å²) in [5, 5.41) is 0. The summed E-state index contributed by atoms with van der Waals surface area (Å²) in [6.07, 6.45) is 5.75. The van der Waals surface area contributed by atoms with Gasteiger partial charge in [-0.05, 0) is 32.6 Å². The number of hydrogen-bond acceptors (Lipinski definition) is 3. The third-order valence-corrected chi connectivity index (χ3v) is 4.52. The van der Waals surface area contributed by atoms with Crippen molar-refractivity contribution in [3.63, 3.8) is 0 Å². The molecule has 0 aromatic rings. The Balaban J connectivity index is 2.10. The Morgan fingerprint density at radius 3 is 2.89 bits per heavy atom. The van der Waals surface area contributed by atoms with E-state index in [0.717, 1.165) is 32.2 Å². The minimum absolute atomic E-state index is 0.158. The molecule has 4 nitrogen and oxygen atoms in total. The van der Waals surface area contributed by atoms with Crippen LogP contribution in [0.1, 0.15) is 46.0 Å². The summed E-state index contributed by atoms with van der Waals surface area (Å²) in [4.78, 5) is 14.9. The van der Waals surface area contributed by atoms with Crippen molar-refractivity contribution in [2.45, 2.75) is 58.0 Å². The molecule has 0 saturated carbocycles. The van der Waals surface area contributed by atoms with Gasteiger partial charge < -0.3 is 15.4 Å². The Bertz CT molecular complexity index is 306. The van der Waals surface area contributed by atoms with Crippen LogP contribution in [0, 0.1) is 5.41 Å². The fourth-order valence-electron chi connectivity index (χ4n) is 3.14. The topological polar surface area (TPSA) is 55.6 Å². The number of ether oxygens (including phenoxy) is 1. The van der Waals surface area contributed by atoms with Gasteiger partial charge in [-0.3, -0.25) is 4.79 Å². The third-order valence-electron chi connectivity index (χ3n) is 4.52. The Labute approximate surface area is 110 Å². The Morgan fingerprint density at radius 2 is 2.28 bits per heavy atom. The minimum Gasteiger partial charge on any atom is -0.379 e. The molecule has 0 bridgehead atoms. The first-order valence-electron chi connectivity index (χ1n) is 7.24. The van der Waals surface area contributed by atoms with Crippen molar-refractivity contribution in [1.29, 1.82) is 0 Å². The molecule has 3 atom stereocenters. The maximum absolute atomic E-state index is 12.8. The van der Waals surface area contributed by atoms with Gasteiger partial charge in [-0.25, -0.2) is 0 Å². The lowest BCUT2D eigenvalue weighted by molar-refractivity contribution is -0.145. The molecule has 2 aliphatic rings. The largest absolute Gasteiger partial charge is 0.379 e. The van der Waals surface area contributed by atoms with Gasteiger partial charge >= 0.3 is 0 Å². The number of piperidine rings is 1. The fraction of sp³-hybridized carbons (Fsp3) is 0.929. The summed E-state index contributed by atoms with van der Waals surface area (Å²) in [6.45, 7) is 6.02. The lowest BCUT2D eigenvalue weighted by atomic mass is 9.82. The van der Waals surface area contributed by atoms with Crippen LogP contribution in [-0.4, -0.2) is 42.6 Å². The van der Waals surface area contributed by atoms with Crippen LogP contribution in [-0.2, 0) is 9.53 Å². The van der Waals surface area contributed by atoms with Crippen molar-refractivity contribution >= 4 is 5.91 Å². The zero-order valence-electron chi connectivity index (χ0n) is 11.7. The van der Waals surface area contributed by atoms with Crippen LogP contribution in [0.4, 0.5) is 0 Å². The maximum Gasteiger partial charge on any atom is 0.232 e. The monoisotopic (exact) mass is 254 g/mol. The van der Waals surface area contributed by atoms with Gasteiger partial charge in [0, 0.05) is 18.6 Å². The molecule has 2 N–H and O–H groups in total. The van der Waals surface area contributed by atoms with Crippen molar-refractivity contribution in [2.75, 3.05) is 19.8 Å². The van der Waals surface area contributed by atoms with Crippen LogP contribution in [0.15, 0.2) is 0 Å². The van der Waals surface area contributed by atoms with Crippen molar-refractivity contribution in [1.82, 2.24) is 4.90 Å². The van der Waals surface area contributed by atoms with Crippen LogP contribution in [0.3, 0.4) is 0 Å². The number of nitrogens with two attached hydrogens (primary N) is 1. The highest BCUT2D eigenvalue weighted by Gasteiger charge is 2.47.